The first-order valence-electron chi connectivity index (χ1n) is 6.63. The highest BCUT2D eigenvalue weighted by atomic mass is 16.4. The molecule has 0 aliphatic carbocycles. The van der Waals surface area contributed by atoms with Crippen LogP contribution in [0.3, 0.4) is 0 Å². The second-order valence-electron chi connectivity index (χ2n) is 4.81. The van der Waals surface area contributed by atoms with Crippen molar-refractivity contribution in [1.29, 1.82) is 0 Å². The van der Waals surface area contributed by atoms with Gasteiger partial charge >= 0.3 is 5.97 Å². The molecule has 2 heterocycles. The van der Waals surface area contributed by atoms with Crippen LogP contribution in [0.4, 0.5) is 0 Å². The molecule has 0 aromatic carbocycles. The Morgan fingerprint density at radius 1 is 1.53 bits per heavy atom. The zero-order valence-corrected chi connectivity index (χ0v) is 11.2. The second kappa shape index (κ2) is 5.42. The van der Waals surface area contributed by atoms with E-state index in [0.717, 1.165) is 18.5 Å². The third kappa shape index (κ3) is 2.47. The number of carboxylic acids is 1. The monoisotopic (exact) mass is 265 g/mol. The number of hydrogen-bond acceptors (Lipinski definition) is 3. The van der Waals surface area contributed by atoms with E-state index in [-0.39, 0.29) is 18.4 Å². The number of nitrogens with zero attached hydrogens (tertiary/aromatic N) is 3. The molecule has 19 heavy (non-hydrogen) atoms. The molecule has 1 aliphatic heterocycles. The first-order valence-corrected chi connectivity index (χ1v) is 6.63. The lowest BCUT2D eigenvalue weighted by atomic mass is 9.96. The average molecular weight is 265 g/mol. The standard InChI is InChI=1S/C13H19N3O3/c1-3-5-16-11(17)6-10(13(18)19)12(16)9-7-14-15(4-2)8-9/h7-8,10,12H,3-6H2,1-2H3,(H,18,19). The molecule has 0 radical (unpaired) electrons. The molecule has 1 aliphatic rings. The highest BCUT2D eigenvalue weighted by Crippen LogP contribution is 2.38. The van der Waals surface area contributed by atoms with Crippen molar-refractivity contribution >= 4 is 11.9 Å². The summed E-state index contributed by atoms with van der Waals surface area (Å²) in [5.41, 5.74) is 0.813. The fourth-order valence-electron chi connectivity index (χ4n) is 2.63. The molecule has 0 spiro atoms. The van der Waals surface area contributed by atoms with Gasteiger partial charge in [-0.1, -0.05) is 6.92 Å². The number of aromatic nitrogens is 2. The molecule has 2 atom stereocenters. The smallest absolute Gasteiger partial charge is 0.309 e. The zero-order chi connectivity index (χ0) is 14.0. The van der Waals surface area contributed by atoms with Gasteiger partial charge in [-0.2, -0.15) is 5.10 Å². The van der Waals surface area contributed by atoms with Crippen molar-refractivity contribution in [2.75, 3.05) is 6.54 Å². The van der Waals surface area contributed by atoms with Crippen LogP contribution in [-0.2, 0) is 16.1 Å². The van der Waals surface area contributed by atoms with Gasteiger partial charge in [0.1, 0.15) is 0 Å². The van der Waals surface area contributed by atoms with E-state index in [9.17, 15) is 14.7 Å². The number of carbonyl (C=O) groups excluding carboxylic acids is 1. The van der Waals surface area contributed by atoms with Gasteiger partial charge in [0.2, 0.25) is 5.91 Å². The van der Waals surface area contributed by atoms with Crippen LogP contribution in [0.5, 0.6) is 0 Å². The van der Waals surface area contributed by atoms with Crippen LogP contribution in [-0.4, -0.2) is 38.2 Å². The van der Waals surface area contributed by atoms with E-state index in [1.54, 1.807) is 15.8 Å². The number of likely N-dealkylation sites (tertiary alicyclic amines) is 1. The van der Waals surface area contributed by atoms with Crippen LogP contribution >= 0.6 is 0 Å². The maximum absolute atomic E-state index is 12.0. The van der Waals surface area contributed by atoms with E-state index in [1.807, 2.05) is 20.0 Å². The number of carbonyl (C=O) groups is 2. The van der Waals surface area contributed by atoms with Crippen molar-refractivity contribution in [1.82, 2.24) is 14.7 Å². The summed E-state index contributed by atoms with van der Waals surface area (Å²) in [4.78, 5) is 25.0. The molecule has 1 N–H and O–H groups in total. The Labute approximate surface area is 112 Å². The Balaban J connectivity index is 2.34. The lowest BCUT2D eigenvalue weighted by Gasteiger charge is -2.25. The van der Waals surface area contributed by atoms with E-state index in [2.05, 4.69) is 5.10 Å². The first kappa shape index (κ1) is 13.6. The maximum atomic E-state index is 12.0. The molecule has 2 rings (SSSR count). The minimum Gasteiger partial charge on any atom is -0.481 e. The Morgan fingerprint density at radius 3 is 2.79 bits per heavy atom. The molecule has 104 valence electrons. The van der Waals surface area contributed by atoms with E-state index in [4.69, 9.17) is 0 Å². The van der Waals surface area contributed by atoms with Gasteiger partial charge in [0, 0.05) is 31.3 Å². The Hall–Kier alpha value is -1.85. The molecule has 1 aromatic rings. The van der Waals surface area contributed by atoms with Crippen molar-refractivity contribution in [3.63, 3.8) is 0 Å². The lowest BCUT2D eigenvalue weighted by Crippen LogP contribution is -2.31. The summed E-state index contributed by atoms with van der Waals surface area (Å²) in [6, 6.07) is -0.384. The largest absolute Gasteiger partial charge is 0.481 e. The molecule has 1 aromatic heterocycles. The second-order valence-corrected chi connectivity index (χ2v) is 4.81. The summed E-state index contributed by atoms with van der Waals surface area (Å²) in [7, 11) is 0. The molecule has 0 saturated carbocycles. The molecule has 1 amide bonds. The summed E-state index contributed by atoms with van der Waals surface area (Å²) >= 11 is 0. The summed E-state index contributed by atoms with van der Waals surface area (Å²) in [6.45, 7) is 5.26. The van der Waals surface area contributed by atoms with Gasteiger partial charge < -0.3 is 10.0 Å². The van der Waals surface area contributed by atoms with Crippen molar-refractivity contribution in [3.8, 4) is 0 Å². The van der Waals surface area contributed by atoms with Gasteiger partial charge in [0.05, 0.1) is 18.2 Å². The summed E-state index contributed by atoms with van der Waals surface area (Å²) < 4.78 is 1.75. The van der Waals surface area contributed by atoms with Gasteiger partial charge in [0.25, 0.3) is 0 Å². The maximum Gasteiger partial charge on any atom is 0.309 e. The fourth-order valence-corrected chi connectivity index (χ4v) is 2.63. The van der Waals surface area contributed by atoms with E-state index in [1.165, 1.54) is 0 Å². The average Bonchev–Trinajstić information content (AvgIpc) is 2.95. The molecule has 0 bridgehead atoms. The highest BCUT2D eigenvalue weighted by Gasteiger charge is 2.44. The molecule has 2 unspecified atom stereocenters. The Bertz CT molecular complexity index is 483. The SMILES string of the molecule is CCCN1C(=O)CC(C(=O)O)C1c1cnn(CC)c1. The van der Waals surface area contributed by atoms with Crippen molar-refractivity contribution in [2.24, 2.45) is 5.92 Å². The summed E-state index contributed by atoms with van der Waals surface area (Å²) in [5.74, 6) is -1.67. The first-order chi connectivity index (χ1) is 9.08. The van der Waals surface area contributed by atoms with Gasteiger partial charge in [0.15, 0.2) is 0 Å². The van der Waals surface area contributed by atoms with E-state index >= 15 is 0 Å². The van der Waals surface area contributed by atoms with Crippen LogP contribution < -0.4 is 0 Å². The molecular weight excluding hydrogens is 246 g/mol. The topological polar surface area (TPSA) is 75.4 Å². The van der Waals surface area contributed by atoms with Crippen molar-refractivity contribution < 1.29 is 14.7 Å². The quantitative estimate of drug-likeness (QED) is 0.870. The zero-order valence-electron chi connectivity index (χ0n) is 11.2. The van der Waals surface area contributed by atoms with Crippen LogP contribution in [0.25, 0.3) is 0 Å². The summed E-state index contributed by atoms with van der Waals surface area (Å²) in [6.07, 6.45) is 4.40. The number of aryl methyl sites for hydroxylation is 1. The van der Waals surface area contributed by atoms with Crippen LogP contribution in [0.2, 0.25) is 0 Å². The predicted molar refractivity (Wildman–Crippen MR) is 68.4 cm³/mol. The minimum absolute atomic E-state index is 0.0801. The van der Waals surface area contributed by atoms with Gasteiger partial charge in [-0.25, -0.2) is 0 Å². The molecule has 1 saturated heterocycles. The number of aliphatic carboxylic acids is 1. The van der Waals surface area contributed by atoms with Crippen molar-refractivity contribution in [2.45, 2.75) is 39.3 Å². The lowest BCUT2D eigenvalue weighted by molar-refractivity contribution is -0.142. The predicted octanol–water partition coefficient (Wildman–Crippen LogP) is 1.29. The number of carboxylic acid groups (broad SMARTS) is 1. The van der Waals surface area contributed by atoms with Crippen molar-refractivity contribution in [3.05, 3.63) is 18.0 Å². The normalized spacial score (nSPS) is 23.1. The Kier molecular flexibility index (Phi) is 3.87. The molecular formula is C13H19N3O3. The third-order valence-corrected chi connectivity index (χ3v) is 3.53. The highest BCUT2D eigenvalue weighted by molar-refractivity contribution is 5.87. The number of rotatable bonds is 5. The molecule has 1 fully saturated rings. The van der Waals surface area contributed by atoms with E-state index < -0.39 is 11.9 Å². The third-order valence-electron chi connectivity index (χ3n) is 3.53. The number of hydrogen-bond donors (Lipinski definition) is 1. The Morgan fingerprint density at radius 2 is 2.26 bits per heavy atom. The van der Waals surface area contributed by atoms with E-state index in [0.29, 0.717) is 6.54 Å². The minimum atomic E-state index is -0.916. The molecule has 6 nitrogen and oxygen atoms in total. The van der Waals surface area contributed by atoms with Crippen LogP contribution in [0.15, 0.2) is 12.4 Å². The number of amides is 1. The fraction of sp³-hybridized carbons (Fsp3) is 0.615. The van der Waals surface area contributed by atoms with Crippen LogP contribution in [0.1, 0.15) is 38.3 Å². The van der Waals surface area contributed by atoms with Gasteiger partial charge in [-0.3, -0.25) is 14.3 Å². The summed E-state index contributed by atoms with van der Waals surface area (Å²) in [5, 5.41) is 13.5. The van der Waals surface area contributed by atoms with Gasteiger partial charge in [-0.15, -0.1) is 0 Å². The van der Waals surface area contributed by atoms with Gasteiger partial charge in [-0.05, 0) is 13.3 Å². The van der Waals surface area contributed by atoms with Crippen LogP contribution in [0, 0.1) is 5.92 Å². The molecule has 6 heteroatoms.